The van der Waals surface area contributed by atoms with Crippen LogP contribution >= 0.6 is 22.9 Å². The number of carbonyl (C=O) groups is 1. The third-order valence-electron chi connectivity index (χ3n) is 3.48. The van der Waals surface area contributed by atoms with E-state index in [9.17, 15) is 14.3 Å². The van der Waals surface area contributed by atoms with Crippen LogP contribution in [0.1, 0.15) is 10.4 Å². The number of halogens is 2. The normalized spacial score (nSPS) is 14.7. The van der Waals surface area contributed by atoms with Crippen LogP contribution in [-0.4, -0.2) is 34.2 Å². The van der Waals surface area contributed by atoms with Crippen LogP contribution in [0, 0.1) is 5.82 Å². The van der Waals surface area contributed by atoms with Crippen molar-refractivity contribution < 1.29 is 19.4 Å². The van der Waals surface area contributed by atoms with Crippen molar-refractivity contribution in [3.8, 4) is 5.75 Å². The third kappa shape index (κ3) is 1.95. The van der Waals surface area contributed by atoms with E-state index in [-0.39, 0.29) is 16.7 Å². The molecule has 0 saturated heterocycles. The van der Waals surface area contributed by atoms with E-state index in [4.69, 9.17) is 16.7 Å². The molecule has 2 aromatic rings. The van der Waals surface area contributed by atoms with Crippen molar-refractivity contribution in [3.05, 3.63) is 27.3 Å². The minimum absolute atomic E-state index is 0.278. The fourth-order valence-corrected chi connectivity index (χ4v) is 3.88. The van der Waals surface area contributed by atoms with Gasteiger partial charge in [0.05, 0.1) is 4.70 Å². The van der Waals surface area contributed by atoms with Crippen LogP contribution in [0.4, 0.5) is 4.39 Å². The zero-order chi connectivity index (χ0) is 14.4. The van der Waals surface area contributed by atoms with Gasteiger partial charge in [-0.2, -0.15) is 0 Å². The summed E-state index contributed by atoms with van der Waals surface area (Å²) >= 11 is 7.01. The highest BCUT2D eigenvalue weighted by molar-refractivity contribution is 7.19. The van der Waals surface area contributed by atoms with Gasteiger partial charge in [-0.3, -0.25) is 4.79 Å². The lowest BCUT2D eigenvalue weighted by molar-refractivity contribution is -0.135. The lowest BCUT2D eigenvalue weighted by atomic mass is 10.0. The molecule has 3 rings (SSSR count). The number of rotatable bonds is 1. The average molecular weight is 316 g/mol. The number of aliphatic hydroxyl groups excluding tert-OH is 1. The number of amides is 1. The Morgan fingerprint density at radius 1 is 1.55 bits per heavy atom. The maximum Gasteiger partial charge on any atom is 0.248 e. The predicted octanol–water partition coefficient (Wildman–Crippen LogP) is 2.28. The zero-order valence-corrected chi connectivity index (χ0v) is 11.9. The number of aromatic hydroxyl groups is 1. The van der Waals surface area contributed by atoms with E-state index in [2.05, 4.69) is 0 Å². The fourth-order valence-electron chi connectivity index (χ4n) is 2.45. The molecule has 0 aliphatic carbocycles. The monoisotopic (exact) mass is 315 g/mol. The Kier molecular flexibility index (Phi) is 3.32. The van der Waals surface area contributed by atoms with Crippen LogP contribution in [0.5, 0.6) is 5.75 Å². The zero-order valence-electron chi connectivity index (χ0n) is 10.3. The van der Waals surface area contributed by atoms with Gasteiger partial charge in [-0.15, -0.1) is 11.3 Å². The number of hydrogen-bond acceptors (Lipinski definition) is 4. The molecule has 20 heavy (non-hydrogen) atoms. The molecular formula is C13H11ClFNO3S. The summed E-state index contributed by atoms with van der Waals surface area (Å²) in [7, 11) is 0. The molecule has 2 N–H and O–H groups in total. The molecule has 1 aliphatic heterocycles. The topological polar surface area (TPSA) is 60.8 Å². The molecule has 106 valence electrons. The van der Waals surface area contributed by atoms with Crippen molar-refractivity contribution in [2.45, 2.75) is 13.0 Å². The van der Waals surface area contributed by atoms with Gasteiger partial charge in [0.1, 0.15) is 17.4 Å². The summed E-state index contributed by atoms with van der Waals surface area (Å²) in [6.45, 7) is 0.276. The number of aliphatic hydroxyl groups is 1. The number of fused-ring (bicyclic) bond motifs is 3. The summed E-state index contributed by atoms with van der Waals surface area (Å²) in [5.41, 5.74) is 0.823. The van der Waals surface area contributed by atoms with Gasteiger partial charge in [0.2, 0.25) is 5.91 Å². The lowest BCUT2D eigenvalue weighted by Crippen LogP contribution is -2.37. The first-order valence-electron chi connectivity index (χ1n) is 6.02. The smallest absolute Gasteiger partial charge is 0.248 e. The molecule has 0 spiro atoms. The van der Waals surface area contributed by atoms with E-state index in [1.165, 1.54) is 22.3 Å². The van der Waals surface area contributed by atoms with E-state index in [1.807, 2.05) is 0 Å². The van der Waals surface area contributed by atoms with Crippen molar-refractivity contribution in [3.63, 3.8) is 0 Å². The van der Waals surface area contributed by atoms with E-state index >= 15 is 0 Å². The highest BCUT2D eigenvalue weighted by Crippen LogP contribution is 2.42. The Balaban J connectivity index is 2.14. The Morgan fingerprint density at radius 2 is 2.30 bits per heavy atom. The molecule has 1 aromatic carbocycles. The van der Waals surface area contributed by atoms with Gasteiger partial charge in [-0.05, 0) is 18.1 Å². The Labute approximate surface area is 123 Å². The minimum atomic E-state index is -0.624. The van der Waals surface area contributed by atoms with Gasteiger partial charge < -0.3 is 15.1 Å². The fraction of sp³-hybridized carbons (Fsp3) is 0.308. The largest absolute Gasteiger partial charge is 0.506 e. The van der Waals surface area contributed by atoms with Crippen LogP contribution < -0.4 is 0 Å². The second-order valence-electron chi connectivity index (χ2n) is 4.63. The Hall–Kier alpha value is -1.37. The summed E-state index contributed by atoms with van der Waals surface area (Å²) < 4.78 is 14.5. The van der Waals surface area contributed by atoms with E-state index in [0.29, 0.717) is 29.6 Å². The van der Waals surface area contributed by atoms with Crippen molar-refractivity contribution in [2.75, 3.05) is 13.2 Å². The van der Waals surface area contributed by atoms with Crippen LogP contribution in [-0.2, 0) is 17.8 Å². The third-order valence-corrected chi connectivity index (χ3v) is 5.14. The van der Waals surface area contributed by atoms with Gasteiger partial charge in [0, 0.05) is 23.4 Å². The first-order chi connectivity index (χ1) is 9.52. The number of nitrogens with zero attached hydrogens (tertiary/aromatic N) is 1. The number of carbonyl (C=O) groups excluding carboxylic acids is 1. The molecule has 1 amide bonds. The lowest BCUT2D eigenvalue weighted by Gasteiger charge is -2.26. The maximum atomic E-state index is 14.1. The van der Waals surface area contributed by atoms with Crippen LogP contribution in [0.25, 0.3) is 10.1 Å². The SMILES string of the molecule is O=C(CO)N1CCc2sc3c(F)c(Cl)c(O)cc3c2C1. The molecule has 0 fully saturated rings. The molecule has 0 radical (unpaired) electrons. The summed E-state index contributed by atoms with van der Waals surface area (Å²) in [6.07, 6.45) is 0.609. The van der Waals surface area contributed by atoms with Crippen LogP contribution in [0.3, 0.4) is 0 Å². The second-order valence-corrected chi connectivity index (χ2v) is 6.11. The standard InChI is InChI=1S/C13H11ClFNO3S/c14-11-8(18)3-6-7-4-16(10(19)5-17)2-1-9(7)20-13(6)12(11)15/h3,17-18H,1-2,4-5H2. The first-order valence-corrected chi connectivity index (χ1v) is 7.22. The van der Waals surface area contributed by atoms with E-state index < -0.39 is 12.4 Å². The molecule has 2 heterocycles. The van der Waals surface area contributed by atoms with Gasteiger partial charge in [-0.25, -0.2) is 4.39 Å². The molecule has 4 nitrogen and oxygen atoms in total. The summed E-state index contributed by atoms with van der Waals surface area (Å²) in [6, 6.07) is 1.43. The number of phenolic OH excluding ortho intramolecular Hbond substituents is 1. The Morgan fingerprint density at radius 3 is 3.00 bits per heavy atom. The summed E-state index contributed by atoms with van der Waals surface area (Å²) in [5, 5.41) is 18.9. The summed E-state index contributed by atoms with van der Waals surface area (Å²) in [5.74, 6) is -1.28. The Bertz CT molecular complexity index is 715. The molecule has 0 saturated carbocycles. The van der Waals surface area contributed by atoms with Crippen molar-refractivity contribution >= 4 is 38.9 Å². The van der Waals surface area contributed by atoms with Gasteiger partial charge in [-0.1, -0.05) is 11.6 Å². The van der Waals surface area contributed by atoms with E-state index in [0.717, 1.165) is 10.4 Å². The highest BCUT2D eigenvalue weighted by atomic mass is 35.5. The molecule has 0 unspecified atom stereocenters. The van der Waals surface area contributed by atoms with Gasteiger partial charge >= 0.3 is 0 Å². The molecule has 0 bridgehead atoms. The van der Waals surface area contributed by atoms with Crippen molar-refractivity contribution in [1.29, 1.82) is 0 Å². The molecule has 7 heteroatoms. The first kappa shape index (κ1) is 13.6. The van der Waals surface area contributed by atoms with Crippen LogP contribution in [0.15, 0.2) is 6.07 Å². The van der Waals surface area contributed by atoms with Crippen molar-refractivity contribution in [1.82, 2.24) is 4.90 Å². The molecule has 1 aliphatic rings. The number of benzene rings is 1. The second kappa shape index (κ2) is 4.87. The van der Waals surface area contributed by atoms with Crippen molar-refractivity contribution in [2.24, 2.45) is 0 Å². The number of thiophene rings is 1. The summed E-state index contributed by atoms with van der Waals surface area (Å²) in [4.78, 5) is 14.1. The quantitative estimate of drug-likeness (QED) is 0.848. The minimum Gasteiger partial charge on any atom is -0.506 e. The molecular weight excluding hydrogens is 305 g/mol. The highest BCUT2D eigenvalue weighted by Gasteiger charge is 2.26. The van der Waals surface area contributed by atoms with E-state index in [1.54, 1.807) is 0 Å². The number of hydrogen-bond donors (Lipinski definition) is 2. The average Bonchev–Trinajstić information content (AvgIpc) is 2.82. The molecule has 0 atom stereocenters. The van der Waals surface area contributed by atoms with Gasteiger partial charge in [0.15, 0.2) is 5.82 Å². The number of phenols is 1. The molecule has 1 aromatic heterocycles. The predicted molar refractivity (Wildman–Crippen MR) is 74.7 cm³/mol. The van der Waals surface area contributed by atoms with Crippen LogP contribution in [0.2, 0.25) is 5.02 Å². The maximum absolute atomic E-state index is 14.1. The van der Waals surface area contributed by atoms with Gasteiger partial charge in [0.25, 0.3) is 0 Å².